The second-order valence-corrected chi connectivity index (χ2v) is 2.59. The van der Waals surface area contributed by atoms with Gasteiger partial charge in [-0.25, -0.2) is 4.79 Å². The van der Waals surface area contributed by atoms with E-state index in [0.29, 0.717) is 0 Å². The first kappa shape index (κ1) is 8.89. The molecule has 0 unspecified atom stereocenters. The van der Waals surface area contributed by atoms with E-state index in [-0.39, 0.29) is 12.0 Å². The van der Waals surface area contributed by atoms with Gasteiger partial charge in [-0.05, 0) is 6.08 Å². The third-order valence-electron chi connectivity index (χ3n) is 1.68. The molecule has 0 amide bonds. The Morgan fingerprint density at radius 3 is 2.50 bits per heavy atom. The molecule has 0 saturated carbocycles. The molecule has 0 fully saturated rings. The van der Waals surface area contributed by atoms with Crippen LogP contribution in [-0.4, -0.2) is 39.3 Å². The fraction of sp³-hybridized carbons (Fsp3) is 0.429. The molecule has 12 heavy (non-hydrogen) atoms. The van der Waals surface area contributed by atoms with Gasteiger partial charge in [0.1, 0.15) is 6.10 Å². The van der Waals surface area contributed by atoms with Crippen LogP contribution in [0.1, 0.15) is 6.42 Å². The summed E-state index contributed by atoms with van der Waals surface area (Å²) in [7, 11) is 0. The van der Waals surface area contributed by atoms with Crippen molar-refractivity contribution in [3.63, 3.8) is 0 Å². The maximum Gasteiger partial charge on any atom is 0.331 e. The second kappa shape index (κ2) is 3.04. The first-order valence-corrected chi connectivity index (χ1v) is 3.36. The van der Waals surface area contributed by atoms with Crippen LogP contribution in [0.2, 0.25) is 0 Å². The van der Waals surface area contributed by atoms with E-state index >= 15 is 0 Å². The van der Waals surface area contributed by atoms with Crippen molar-refractivity contribution in [3.8, 4) is 0 Å². The lowest BCUT2D eigenvalue weighted by molar-refractivity contribution is -0.136. The predicted octanol–water partition coefficient (Wildman–Crippen LogP) is -1.31. The van der Waals surface area contributed by atoms with Crippen molar-refractivity contribution in [1.29, 1.82) is 0 Å². The van der Waals surface area contributed by atoms with E-state index in [1.54, 1.807) is 0 Å². The third-order valence-corrected chi connectivity index (χ3v) is 1.68. The number of ketones is 1. The number of rotatable bonds is 1. The first-order valence-electron chi connectivity index (χ1n) is 3.36. The monoisotopic (exact) mass is 172 g/mol. The molecule has 1 rings (SSSR count). The van der Waals surface area contributed by atoms with Gasteiger partial charge in [-0.2, -0.15) is 0 Å². The lowest BCUT2D eigenvalue weighted by Crippen LogP contribution is -2.37. The highest BCUT2D eigenvalue weighted by atomic mass is 16.4. The van der Waals surface area contributed by atoms with Crippen LogP contribution in [0.3, 0.4) is 0 Å². The van der Waals surface area contributed by atoms with E-state index in [1.165, 1.54) is 0 Å². The van der Waals surface area contributed by atoms with Crippen LogP contribution in [0.15, 0.2) is 11.6 Å². The molecule has 5 heteroatoms. The minimum Gasteiger partial charge on any atom is -0.478 e. The summed E-state index contributed by atoms with van der Waals surface area (Å²) in [5, 5.41) is 26.3. The Balaban J connectivity index is 2.89. The molecule has 3 N–H and O–H groups in total. The Morgan fingerprint density at radius 2 is 2.08 bits per heavy atom. The molecule has 2 atom stereocenters. The van der Waals surface area contributed by atoms with Gasteiger partial charge in [0, 0.05) is 12.0 Å². The predicted molar refractivity (Wildman–Crippen MR) is 37.4 cm³/mol. The molecular formula is C7H8O5. The summed E-state index contributed by atoms with van der Waals surface area (Å²) in [5.41, 5.74) is -0.169. The second-order valence-electron chi connectivity index (χ2n) is 2.59. The summed E-state index contributed by atoms with van der Waals surface area (Å²) >= 11 is 0. The molecule has 0 saturated heterocycles. The van der Waals surface area contributed by atoms with Crippen molar-refractivity contribution in [2.75, 3.05) is 0 Å². The van der Waals surface area contributed by atoms with Crippen molar-refractivity contribution in [2.24, 2.45) is 0 Å². The van der Waals surface area contributed by atoms with E-state index in [9.17, 15) is 9.59 Å². The average Bonchev–Trinajstić information content (AvgIpc) is 1.99. The van der Waals surface area contributed by atoms with Crippen LogP contribution in [0.25, 0.3) is 0 Å². The van der Waals surface area contributed by atoms with E-state index in [1.807, 2.05) is 0 Å². The number of aliphatic hydroxyl groups excluding tert-OH is 2. The third kappa shape index (κ3) is 1.51. The molecule has 0 spiro atoms. The molecule has 0 radical (unpaired) electrons. The molecular weight excluding hydrogens is 164 g/mol. The number of hydrogen-bond acceptors (Lipinski definition) is 4. The first-order chi connectivity index (χ1) is 5.52. The highest BCUT2D eigenvalue weighted by Crippen LogP contribution is 2.16. The number of carbonyl (C=O) groups excluding carboxylic acids is 1. The molecule has 0 aromatic heterocycles. The van der Waals surface area contributed by atoms with Crippen LogP contribution >= 0.6 is 0 Å². The summed E-state index contributed by atoms with van der Waals surface area (Å²) in [6.07, 6.45) is -2.12. The highest BCUT2D eigenvalue weighted by Gasteiger charge is 2.30. The van der Waals surface area contributed by atoms with Crippen molar-refractivity contribution in [2.45, 2.75) is 18.6 Å². The lowest BCUT2D eigenvalue weighted by Gasteiger charge is -2.19. The fourth-order valence-corrected chi connectivity index (χ4v) is 0.992. The number of hydrogen-bond donors (Lipinski definition) is 3. The zero-order valence-corrected chi connectivity index (χ0v) is 6.10. The van der Waals surface area contributed by atoms with Gasteiger partial charge in [-0.1, -0.05) is 0 Å². The summed E-state index contributed by atoms with van der Waals surface area (Å²) in [6, 6.07) is 0. The SMILES string of the molecule is O=C(O)C1=CC(=O)[C@@H](O)[C@H](O)C1. The zero-order chi connectivity index (χ0) is 9.30. The van der Waals surface area contributed by atoms with E-state index in [2.05, 4.69) is 0 Å². The van der Waals surface area contributed by atoms with E-state index in [4.69, 9.17) is 15.3 Å². The molecule has 0 bridgehead atoms. The van der Waals surface area contributed by atoms with Gasteiger partial charge < -0.3 is 15.3 Å². The van der Waals surface area contributed by atoms with E-state index < -0.39 is 24.0 Å². The molecule has 0 aromatic carbocycles. The summed E-state index contributed by atoms with van der Waals surface area (Å²) < 4.78 is 0. The minimum absolute atomic E-state index is 0.169. The van der Waals surface area contributed by atoms with Gasteiger partial charge in [0.15, 0.2) is 5.78 Å². The maximum atomic E-state index is 10.8. The van der Waals surface area contributed by atoms with Crippen LogP contribution in [0.4, 0.5) is 0 Å². The molecule has 0 heterocycles. The lowest BCUT2D eigenvalue weighted by atomic mass is 9.94. The topological polar surface area (TPSA) is 94.8 Å². The van der Waals surface area contributed by atoms with Gasteiger partial charge in [0.25, 0.3) is 0 Å². The van der Waals surface area contributed by atoms with Gasteiger partial charge in [0.05, 0.1) is 6.10 Å². The van der Waals surface area contributed by atoms with Crippen molar-refractivity contribution in [1.82, 2.24) is 0 Å². The summed E-state index contributed by atoms with van der Waals surface area (Å²) in [6.45, 7) is 0. The zero-order valence-electron chi connectivity index (χ0n) is 6.10. The molecule has 1 aliphatic rings. The summed E-state index contributed by atoms with van der Waals surface area (Å²) in [5.74, 6) is -2.00. The largest absolute Gasteiger partial charge is 0.478 e. The quantitative estimate of drug-likeness (QED) is 0.456. The Bertz CT molecular complexity index is 255. The van der Waals surface area contributed by atoms with Crippen LogP contribution in [-0.2, 0) is 9.59 Å². The van der Waals surface area contributed by atoms with Gasteiger partial charge in [-0.15, -0.1) is 0 Å². The molecule has 0 aliphatic heterocycles. The molecule has 1 aliphatic carbocycles. The number of aliphatic carboxylic acids is 1. The van der Waals surface area contributed by atoms with Gasteiger partial charge in [-0.3, -0.25) is 4.79 Å². The van der Waals surface area contributed by atoms with Crippen molar-refractivity contribution >= 4 is 11.8 Å². The van der Waals surface area contributed by atoms with Crippen molar-refractivity contribution < 1.29 is 24.9 Å². The highest BCUT2D eigenvalue weighted by molar-refractivity contribution is 6.02. The molecule has 66 valence electrons. The summed E-state index contributed by atoms with van der Waals surface area (Å²) in [4.78, 5) is 21.1. The number of carboxylic acids is 1. The number of carbonyl (C=O) groups is 2. The van der Waals surface area contributed by atoms with Crippen LogP contribution in [0, 0.1) is 0 Å². The normalized spacial score (nSPS) is 29.8. The Hall–Kier alpha value is -1.20. The van der Waals surface area contributed by atoms with Gasteiger partial charge in [0.2, 0.25) is 0 Å². The minimum atomic E-state index is -1.48. The Kier molecular flexibility index (Phi) is 2.25. The van der Waals surface area contributed by atoms with E-state index in [0.717, 1.165) is 6.08 Å². The van der Waals surface area contributed by atoms with Crippen LogP contribution < -0.4 is 0 Å². The maximum absolute atomic E-state index is 10.8. The molecule has 0 aromatic rings. The molecule has 5 nitrogen and oxygen atoms in total. The number of carboxylic acid groups (broad SMARTS) is 1. The van der Waals surface area contributed by atoms with Gasteiger partial charge >= 0.3 is 5.97 Å². The Morgan fingerprint density at radius 1 is 1.50 bits per heavy atom. The standard InChI is InChI=1S/C7H8O5/c8-4-1-3(7(11)12)2-5(9)6(4)10/h1,5-6,9-10H,2H2,(H,11,12)/t5-,6-/m1/s1. The number of aliphatic hydroxyl groups is 2. The smallest absolute Gasteiger partial charge is 0.331 e. The van der Waals surface area contributed by atoms with Crippen molar-refractivity contribution in [3.05, 3.63) is 11.6 Å². The Labute approximate surface area is 67.9 Å². The van der Waals surface area contributed by atoms with Crippen LogP contribution in [0.5, 0.6) is 0 Å². The fourth-order valence-electron chi connectivity index (χ4n) is 0.992. The average molecular weight is 172 g/mol.